The van der Waals surface area contributed by atoms with Gasteiger partial charge < -0.3 is 4.74 Å². The molecule has 0 amide bonds. The van der Waals surface area contributed by atoms with Crippen LogP contribution in [0.5, 0.6) is 0 Å². The van der Waals surface area contributed by atoms with Crippen molar-refractivity contribution in [1.29, 1.82) is 0 Å². The maximum atomic E-state index is 10.9. The minimum Gasteiger partial charge on any atom is -0.466 e. The quantitative estimate of drug-likeness (QED) is 0.590. The zero-order valence-corrected chi connectivity index (χ0v) is 8.74. The Morgan fingerprint density at radius 1 is 1.58 bits per heavy atom. The Morgan fingerprint density at radius 2 is 2.25 bits per heavy atom. The van der Waals surface area contributed by atoms with E-state index in [2.05, 4.69) is 4.74 Å². The molecule has 1 aliphatic rings. The third kappa shape index (κ3) is 3.81. The SMILES string of the molecule is CC.COC(=O)C1=CCCSC1. The van der Waals surface area contributed by atoms with Crippen molar-refractivity contribution in [1.82, 2.24) is 0 Å². The van der Waals surface area contributed by atoms with Gasteiger partial charge >= 0.3 is 5.97 Å². The van der Waals surface area contributed by atoms with Crippen LogP contribution in [-0.2, 0) is 9.53 Å². The molecule has 0 aromatic heterocycles. The summed E-state index contributed by atoms with van der Waals surface area (Å²) in [5.74, 6) is 1.76. The molecule has 1 aliphatic heterocycles. The lowest BCUT2D eigenvalue weighted by Gasteiger charge is -2.09. The summed E-state index contributed by atoms with van der Waals surface area (Å²) in [6.45, 7) is 4.00. The summed E-state index contributed by atoms with van der Waals surface area (Å²) in [5.41, 5.74) is 0.818. The minimum absolute atomic E-state index is 0.174. The maximum absolute atomic E-state index is 10.9. The number of carbonyl (C=O) groups excluding carboxylic acids is 1. The number of esters is 1. The van der Waals surface area contributed by atoms with Crippen LogP contribution in [0.4, 0.5) is 0 Å². The molecule has 2 nitrogen and oxygen atoms in total. The first-order valence-corrected chi connectivity index (χ1v) is 5.35. The highest BCUT2D eigenvalue weighted by atomic mass is 32.2. The summed E-state index contributed by atoms with van der Waals surface area (Å²) in [6.07, 6.45) is 2.96. The van der Waals surface area contributed by atoms with E-state index in [1.54, 1.807) is 11.8 Å². The molecule has 0 saturated carbocycles. The molecule has 0 fully saturated rings. The van der Waals surface area contributed by atoms with Crippen LogP contribution in [0.1, 0.15) is 20.3 Å². The highest BCUT2D eigenvalue weighted by Crippen LogP contribution is 2.17. The van der Waals surface area contributed by atoms with Gasteiger partial charge in [-0.05, 0) is 12.2 Å². The number of hydrogen-bond acceptors (Lipinski definition) is 3. The molecule has 1 heterocycles. The van der Waals surface area contributed by atoms with Gasteiger partial charge in [0, 0.05) is 11.3 Å². The van der Waals surface area contributed by atoms with Crippen molar-refractivity contribution in [2.75, 3.05) is 18.6 Å². The molecule has 0 bridgehead atoms. The molecule has 0 saturated heterocycles. The van der Waals surface area contributed by atoms with Gasteiger partial charge in [-0.1, -0.05) is 19.9 Å². The number of thioether (sulfide) groups is 1. The Kier molecular flexibility index (Phi) is 6.96. The largest absolute Gasteiger partial charge is 0.466 e. The third-order valence-electron chi connectivity index (χ3n) is 1.36. The van der Waals surface area contributed by atoms with Gasteiger partial charge in [0.1, 0.15) is 0 Å². The molecule has 0 aromatic rings. The van der Waals surface area contributed by atoms with Crippen LogP contribution >= 0.6 is 11.8 Å². The van der Waals surface area contributed by atoms with E-state index in [-0.39, 0.29) is 5.97 Å². The second-order valence-electron chi connectivity index (χ2n) is 2.06. The van der Waals surface area contributed by atoms with Gasteiger partial charge in [0.2, 0.25) is 0 Å². The topological polar surface area (TPSA) is 26.3 Å². The lowest BCUT2D eigenvalue weighted by atomic mass is 10.2. The molecular formula is C9H16O2S. The molecular weight excluding hydrogens is 172 g/mol. The van der Waals surface area contributed by atoms with E-state index in [4.69, 9.17) is 0 Å². The summed E-state index contributed by atoms with van der Waals surface area (Å²) < 4.78 is 4.57. The number of carbonyl (C=O) groups is 1. The monoisotopic (exact) mass is 188 g/mol. The average molecular weight is 188 g/mol. The average Bonchev–Trinajstić information content (AvgIpc) is 2.21. The molecule has 3 heteroatoms. The van der Waals surface area contributed by atoms with Crippen molar-refractivity contribution in [3.63, 3.8) is 0 Å². The van der Waals surface area contributed by atoms with E-state index < -0.39 is 0 Å². The smallest absolute Gasteiger partial charge is 0.334 e. The molecule has 12 heavy (non-hydrogen) atoms. The number of allylic oxidation sites excluding steroid dienone is 1. The van der Waals surface area contributed by atoms with Crippen molar-refractivity contribution in [2.45, 2.75) is 20.3 Å². The van der Waals surface area contributed by atoms with Crippen molar-refractivity contribution >= 4 is 17.7 Å². The van der Waals surface area contributed by atoms with E-state index in [1.165, 1.54) is 7.11 Å². The Morgan fingerprint density at radius 3 is 2.67 bits per heavy atom. The van der Waals surface area contributed by atoms with E-state index in [9.17, 15) is 4.79 Å². The Balaban J connectivity index is 0.000000561. The normalized spacial score (nSPS) is 15.4. The summed E-state index contributed by atoms with van der Waals surface area (Å²) >= 11 is 1.78. The number of rotatable bonds is 1. The Labute approximate surface area is 78.4 Å². The standard InChI is InChI=1S/C7H10O2S.C2H6/c1-9-7(8)6-3-2-4-10-5-6;1-2/h3H,2,4-5H2,1H3;1-2H3. The van der Waals surface area contributed by atoms with Gasteiger partial charge in [0.25, 0.3) is 0 Å². The number of methoxy groups -OCH3 is 1. The molecule has 0 aliphatic carbocycles. The number of hydrogen-bond donors (Lipinski definition) is 0. The molecule has 0 unspecified atom stereocenters. The van der Waals surface area contributed by atoms with Gasteiger partial charge in [-0.15, -0.1) is 0 Å². The Bertz CT molecular complexity index is 164. The molecule has 0 spiro atoms. The second kappa shape index (κ2) is 7.22. The number of ether oxygens (including phenoxy) is 1. The fourth-order valence-corrected chi connectivity index (χ4v) is 1.72. The van der Waals surface area contributed by atoms with Gasteiger partial charge in [-0.2, -0.15) is 11.8 Å². The molecule has 0 radical (unpaired) electrons. The second-order valence-corrected chi connectivity index (χ2v) is 3.17. The van der Waals surface area contributed by atoms with Crippen LogP contribution in [0, 0.1) is 0 Å². The van der Waals surface area contributed by atoms with E-state index >= 15 is 0 Å². The summed E-state index contributed by atoms with van der Waals surface area (Å²) in [6, 6.07) is 0. The highest BCUT2D eigenvalue weighted by molar-refractivity contribution is 7.99. The first kappa shape index (κ1) is 11.6. The molecule has 1 rings (SSSR count). The predicted molar refractivity (Wildman–Crippen MR) is 53.4 cm³/mol. The molecule has 70 valence electrons. The van der Waals surface area contributed by atoms with Crippen LogP contribution in [0.15, 0.2) is 11.6 Å². The van der Waals surface area contributed by atoms with E-state index in [0.717, 1.165) is 23.5 Å². The zero-order valence-electron chi connectivity index (χ0n) is 7.92. The minimum atomic E-state index is -0.174. The lowest BCUT2D eigenvalue weighted by molar-refractivity contribution is -0.136. The highest BCUT2D eigenvalue weighted by Gasteiger charge is 2.11. The first-order chi connectivity index (χ1) is 5.84. The molecule has 0 atom stereocenters. The lowest BCUT2D eigenvalue weighted by Crippen LogP contribution is -2.09. The Hall–Kier alpha value is -0.440. The molecule has 0 N–H and O–H groups in total. The fraction of sp³-hybridized carbons (Fsp3) is 0.667. The summed E-state index contributed by atoms with van der Waals surface area (Å²) in [4.78, 5) is 10.9. The van der Waals surface area contributed by atoms with Crippen LogP contribution < -0.4 is 0 Å². The van der Waals surface area contributed by atoms with Crippen molar-refractivity contribution < 1.29 is 9.53 Å². The van der Waals surface area contributed by atoms with Gasteiger partial charge in [0.15, 0.2) is 0 Å². The third-order valence-corrected chi connectivity index (χ3v) is 2.40. The van der Waals surface area contributed by atoms with Crippen LogP contribution in [0.25, 0.3) is 0 Å². The van der Waals surface area contributed by atoms with Crippen molar-refractivity contribution in [3.05, 3.63) is 11.6 Å². The van der Waals surface area contributed by atoms with Crippen LogP contribution in [-0.4, -0.2) is 24.6 Å². The van der Waals surface area contributed by atoms with Gasteiger partial charge in [-0.25, -0.2) is 4.79 Å². The van der Waals surface area contributed by atoms with Crippen LogP contribution in [0.3, 0.4) is 0 Å². The summed E-state index contributed by atoms with van der Waals surface area (Å²) in [7, 11) is 1.42. The van der Waals surface area contributed by atoms with Crippen molar-refractivity contribution in [3.8, 4) is 0 Å². The van der Waals surface area contributed by atoms with E-state index in [1.807, 2.05) is 19.9 Å². The van der Waals surface area contributed by atoms with Crippen molar-refractivity contribution in [2.24, 2.45) is 0 Å². The summed E-state index contributed by atoms with van der Waals surface area (Å²) in [5, 5.41) is 0. The van der Waals surface area contributed by atoms with Gasteiger partial charge in [-0.3, -0.25) is 0 Å². The van der Waals surface area contributed by atoms with E-state index in [0.29, 0.717) is 0 Å². The van der Waals surface area contributed by atoms with Crippen LogP contribution in [0.2, 0.25) is 0 Å². The zero-order chi connectivity index (χ0) is 9.40. The fourth-order valence-electron chi connectivity index (χ4n) is 0.831. The molecule has 0 aromatic carbocycles. The maximum Gasteiger partial charge on any atom is 0.334 e. The first-order valence-electron chi connectivity index (χ1n) is 4.19. The van der Waals surface area contributed by atoms with Gasteiger partial charge in [0.05, 0.1) is 7.11 Å². The predicted octanol–water partition coefficient (Wildman–Crippen LogP) is 2.25.